The number of halogens is 6. The Morgan fingerprint density at radius 1 is 0.750 bits per heavy atom. The fraction of sp³-hybridized carbons (Fsp3) is 0.600. The van der Waals surface area contributed by atoms with Crippen LogP contribution in [0.4, 0.5) is 26.3 Å². The number of rotatable bonds is 4. The number of carboxylic acid groups (broad SMARTS) is 2. The van der Waals surface area contributed by atoms with Gasteiger partial charge in [-0.3, -0.25) is 0 Å². The summed E-state index contributed by atoms with van der Waals surface area (Å²) in [7, 11) is 0. The number of hydrogen-bond donors (Lipinski definition) is 2. The van der Waals surface area contributed by atoms with Gasteiger partial charge in [-0.25, -0.2) is 9.59 Å². The average molecular weight is 280 g/mol. The third-order valence-corrected chi connectivity index (χ3v) is 1.33. The normalized spacial score (nSPS) is 12.9. The number of aliphatic carboxylic acids is 2. The zero-order chi connectivity index (χ0) is 12.7. The van der Waals surface area contributed by atoms with Gasteiger partial charge in [0.15, 0.2) is 0 Å². The molecule has 0 unspecified atom stereocenters. The van der Waals surface area contributed by atoms with Crippen molar-refractivity contribution in [2.45, 2.75) is 17.8 Å². The molecule has 0 aliphatic heterocycles. The van der Waals surface area contributed by atoms with Crippen molar-refractivity contribution in [1.82, 2.24) is 0 Å². The van der Waals surface area contributed by atoms with Gasteiger partial charge in [0.05, 0.1) is 0 Å². The van der Waals surface area contributed by atoms with Gasteiger partial charge in [-0.15, -0.1) is 0 Å². The van der Waals surface area contributed by atoms with Gasteiger partial charge in [0.2, 0.25) is 0 Å². The monoisotopic (exact) mass is 280 g/mol. The fourth-order valence-corrected chi connectivity index (χ4v) is 0.466. The summed E-state index contributed by atoms with van der Waals surface area (Å²) in [6, 6.07) is 0. The summed E-state index contributed by atoms with van der Waals surface area (Å²) in [5.41, 5.74) is 0. The van der Waals surface area contributed by atoms with Crippen molar-refractivity contribution in [2.24, 2.45) is 0 Å². The third kappa shape index (κ3) is 2.69. The SMILES string of the molecule is O=C(O)C(F)(F)C(F)(F)C(F)(F)C(=O)O.[KH]. The topological polar surface area (TPSA) is 74.6 Å². The van der Waals surface area contributed by atoms with Crippen molar-refractivity contribution in [3.8, 4) is 0 Å². The van der Waals surface area contributed by atoms with E-state index >= 15 is 0 Å². The number of alkyl halides is 6. The van der Waals surface area contributed by atoms with E-state index in [-0.39, 0.29) is 51.4 Å². The Bertz CT molecular complexity index is 275. The van der Waals surface area contributed by atoms with E-state index in [9.17, 15) is 35.9 Å². The standard InChI is InChI=1S/C5H2F6O4.K.H/c6-3(7,1(12)13)5(10,11)4(8,9)2(14)15;;/h(H,12,13)(H,14,15);;. The minimum atomic E-state index is -6.53. The molecule has 0 aliphatic rings. The second kappa shape index (κ2) is 5.21. The molecule has 0 aromatic carbocycles. The summed E-state index contributed by atoms with van der Waals surface area (Å²) in [6.07, 6.45) is 0. The Balaban J connectivity index is 0. The van der Waals surface area contributed by atoms with Crippen LogP contribution in [-0.4, -0.2) is 91.3 Å². The first-order valence-electron chi connectivity index (χ1n) is 2.99. The molecule has 0 spiro atoms. The summed E-state index contributed by atoms with van der Waals surface area (Å²) in [4.78, 5) is 19.2. The Morgan fingerprint density at radius 3 is 1.06 bits per heavy atom. The quantitative estimate of drug-likeness (QED) is 0.578. The first-order valence-corrected chi connectivity index (χ1v) is 2.99. The van der Waals surface area contributed by atoms with Crippen LogP contribution in [0.15, 0.2) is 0 Å². The molecule has 0 saturated carbocycles. The van der Waals surface area contributed by atoms with E-state index in [1.165, 1.54) is 0 Å². The fourth-order valence-electron chi connectivity index (χ4n) is 0.466. The van der Waals surface area contributed by atoms with E-state index < -0.39 is 29.7 Å². The maximum absolute atomic E-state index is 12.2. The predicted octanol–water partition coefficient (Wildman–Crippen LogP) is 0.413. The van der Waals surface area contributed by atoms with Gasteiger partial charge in [0, 0.05) is 0 Å². The van der Waals surface area contributed by atoms with E-state index in [0.717, 1.165) is 0 Å². The summed E-state index contributed by atoms with van der Waals surface area (Å²) in [5, 5.41) is 15.1. The number of carbonyl (C=O) groups is 2. The van der Waals surface area contributed by atoms with E-state index in [0.29, 0.717) is 0 Å². The van der Waals surface area contributed by atoms with Crippen LogP contribution in [0.5, 0.6) is 0 Å². The van der Waals surface area contributed by atoms with Gasteiger partial charge >= 0.3 is 81.1 Å². The van der Waals surface area contributed by atoms with E-state index in [1.54, 1.807) is 0 Å². The van der Waals surface area contributed by atoms with Gasteiger partial charge < -0.3 is 10.2 Å². The van der Waals surface area contributed by atoms with Crippen LogP contribution in [0, 0.1) is 0 Å². The first-order chi connectivity index (χ1) is 6.39. The Kier molecular flexibility index (Phi) is 6.02. The summed E-state index contributed by atoms with van der Waals surface area (Å²) < 4.78 is 72.8. The van der Waals surface area contributed by atoms with Gasteiger partial charge in [0.1, 0.15) is 0 Å². The Morgan fingerprint density at radius 2 is 0.938 bits per heavy atom. The molecule has 0 aromatic rings. The van der Waals surface area contributed by atoms with E-state index in [1.807, 2.05) is 0 Å². The molecule has 90 valence electrons. The molecule has 0 saturated heterocycles. The van der Waals surface area contributed by atoms with Crippen molar-refractivity contribution in [3.63, 3.8) is 0 Å². The molecule has 0 rings (SSSR count). The molecule has 0 aromatic heterocycles. The molecule has 2 N–H and O–H groups in total. The van der Waals surface area contributed by atoms with E-state index in [4.69, 9.17) is 10.2 Å². The number of carboxylic acids is 2. The predicted molar refractivity (Wildman–Crippen MR) is 37.3 cm³/mol. The zero-order valence-corrected chi connectivity index (χ0v) is 6.48. The van der Waals surface area contributed by atoms with Crippen LogP contribution in [0.1, 0.15) is 0 Å². The van der Waals surface area contributed by atoms with Crippen molar-refractivity contribution >= 4 is 63.3 Å². The molecule has 0 radical (unpaired) electrons. The van der Waals surface area contributed by atoms with Crippen LogP contribution < -0.4 is 0 Å². The molecule has 4 nitrogen and oxygen atoms in total. The minimum absolute atomic E-state index is 0. The molecule has 0 bridgehead atoms. The van der Waals surface area contributed by atoms with Crippen LogP contribution >= 0.6 is 0 Å². The third-order valence-electron chi connectivity index (χ3n) is 1.33. The Hall–Kier alpha value is 0.156. The van der Waals surface area contributed by atoms with Crippen LogP contribution in [0.25, 0.3) is 0 Å². The Labute approximate surface area is 126 Å². The van der Waals surface area contributed by atoms with Crippen LogP contribution in [-0.2, 0) is 9.59 Å². The van der Waals surface area contributed by atoms with Crippen molar-refractivity contribution in [1.29, 1.82) is 0 Å². The molecule has 11 heteroatoms. The van der Waals surface area contributed by atoms with Crippen molar-refractivity contribution in [3.05, 3.63) is 0 Å². The summed E-state index contributed by atoms with van der Waals surface area (Å²) in [5.74, 6) is -26.0. The van der Waals surface area contributed by atoms with Crippen molar-refractivity contribution in [2.75, 3.05) is 0 Å². The van der Waals surface area contributed by atoms with Gasteiger partial charge in [0.25, 0.3) is 0 Å². The first kappa shape index (κ1) is 18.5. The molecule has 0 atom stereocenters. The molecule has 0 aliphatic carbocycles. The van der Waals surface area contributed by atoms with Gasteiger partial charge in [-0.05, 0) is 0 Å². The molecular formula is C5H3F6KO4. The molecular weight excluding hydrogens is 277 g/mol. The maximum atomic E-state index is 12.2. The van der Waals surface area contributed by atoms with Crippen LogP contribution in [0.2, 0.25) is 0 Å². The second-order valence-corrected chi connectivity index (χ2v) is 2.33. The average Bonchev–Trinajstić information content (AvgIpc) is 2.02. The second-order valence-electron chi connectivity index (χ2n) is 2.33. The molecule has 0 amide bonds. The van der Waals surface area contributed by atoms with Crippen molar-refractivity contribution < 1.29 is 46.1 Å². The molecule has 16 heavy (non-hydrogen) atoms. The van der Waals surface area contributed by atoms with Crippen LogP contribution in [0.3, 0.4) is 0 Å². The summed E-state index contributed by atoms with van der Waals surface area (Å²) >= 11 is 0. The van der Waals surface area contributed by atoms with Gasteiger partial charge in [-0.1, -0.05) is 0 Å². The summed E-state index contributed by atoms with van der Waals surface area (Å²) in [6.45, 7) is 0. The van der Waals surface area contributed by atoms with E-state index in [2.05, 4.69) is 0 Å². The molecule has 0 heterocycles. The van der Waals surface area contributed by atoms with Gasteiger partial charge in [-0.2, -0.15) is 26.3 Å². The zero-order valence-electron chi connectivity index (χ0n) is 6.48. The number of hydrogen-bond acceptors (Lipinski definition) is 2. The molecule has 0 fully saturated rings.